The van der Waals surface area contributed by atoms with E-state index in [4.69, 9.17) is 4.74 Å². The second kappa shape index (κ2) is 5.99. The van der Waals surface area contributed by atoms with Crippen LogP contribution in [0.25, 0.3) is 0 Å². The highest BCUT2D eigenvalue weighted by molar-refractivity contribution is 5.64. The van der Waals surface area contributed by atoms with Gasteiger partial charge in [0, 0.05) is 7.05 Å². The lowest BCUT2D eigenvalue weighted by Crippen LogP contribution is -2.04. The zero-order valence-electron chi connectivity index (χ0n) is 10.8. The van der Waals surface area contributed by atoms with Crippen molar-refractivity contribution in [3.63, 3.8) is 0 Å². The van der Waals surface area contributed by atoms with Gasteiger partial charge in [-0.1, -0.05) is 12.1 Å². The molecule has 1 heterocycles. The van der Waals surface area contributed by atoms with E-state index in [1.165, 1.54) is 0 Å². The Balaban J connectivity index is 2.30. The van der Waals surface area contributed by atoms with Crippen LogP contribution in [0.15, 0.2) is 30.5 Å². The van der Waals surface area contributed by atoms with E-state index in [0.29, 0.717) is 24.0 Å². The summed E-state index contributed by atoms with van der Waals surface area (Å²) < 4.78 is 19.1. The van der Waals surface area contributed by atoms with Crippen molar-refractivity contribution in [3.05, 3.63) is 36.3 Å². The van der Waals surface area contributed by atoms with Gasteiger partial charge >= 0.3 is 0 Å². The number of para-hydroxylation sites is 2. The number of ether oxygens (including phenoxy) is 1. The summed E-state index contributed by atoms with van der Waals surface area (Å²) in [5.41, 5.74) is 0.656. The average Bonchev–Trinajstić information content (AvgIpc) is 2.43. The van der Waals surface area contributed by atoms with E-state index >= 15 is 0 Å². The quantitative estimate of drug-likeness (QED) is 0.867. The molecule has 0 saturated carbocycles. The van der Waals surface area contributed by atoms with E-state index in [-0.39, 0.29) is 5.82 Å². The second-order valence-corrected chi connectivity index (χ2v) is 3.69. The Labute approximate surface area is 110 Å². The number of halogens is 1. The lowest BCUT2D eigenvalue weighted by atomic mass is 10.3. The highest BCUT2D eigenvalue weighted by Gasteiger charge is 2.09. The number of hydrogen-bond donors (Lipinski definition) is 2. The second-order valence-electron chi connectivity index (χ2n) is 3.69. The molecule has 2 aromatic rings. The molecule has 2 N–H and O–H groups in total. The third kappa shape index (κ3) is 3.09. The molecule has 19 heavy (non-hydrogen) atoms. The first kappa shape index (κ1) is 13.1. The van der Waals surface area contributed by atoms with E-state index in [2.05, 4.69) is 20.6 Å². The summed E-state index contributed by atoms with van der Waals surface area (Å²) >= 11 is 0. The zero-order chi connectivity index (χ0) is 13.7. The molecule has 0 aliphatic heterocycles. The number of nitrogens with zero attached hydrogens (tertiary/aromatic N) is 2. The van der Waals surface area contributed by atoms with Crippen molar-refractivity contribution in [1.82, 2.24) is 9.97 Å². The largest absolute Gasteiger partial charge is 0.492 e. The fourth-order valence-corrected chi connectivity index (χ4v) is 1.55. The fourth-order valence-electron chi connectivity index (χ4n) is 1.55. The molecule has 0 fully saturated rings. The normalized spacial score (nSPS) is 10.1. The first-order valence-electron chi connectivity index (χ1n) is 5.93. The van der Waals surface area contributed by atoms with Crippen LogP contribution in [0.4, 0.5) is 21.8 Å². The van der Waals surface area contributed by atoms with Crippen LogP contribution < -0.4 is 15.4 Å². The Morgan fingerprint density at radius 2 is 2.11 bits per heavy atom. The van der Waals surface area contributed by atoms with E-state index < -0.39 is 5.82 Å². The van der Waals surface area contributed by atoms with Crippen LogP contribution in [0.1, 0.15) is 6.92 Å². The van der Waals surface area contributed by atoms with Gasteiger partial charge < -0.3 is 15.4 Å². The maximum Gasteiger partial charge on any atom is 0.224 e. The van der Waals surface area contributed by atoms with Gasteiger partial charge in [0.2, 0.25) is 5.95 Å². The average molecular weight is 262 g/mol. The Kier molecular flexibility index (Phi) is 4.12. The monoisotopic (exact) mass is 262 g/mol. The van der Waals surface area contributed by atoms with Crippen molar-refractivity contribution in [3.8, 4) is 5.75 Å². The molecule has 0 amide bonds. The Bertz CT molecular complexity index is 562. The molecular weight excluding hydrogens is 247 g/mol. The van der Waals surface area contributed by atoms with Gasteiger partial charge in [0.1, 0.15) is 5.75 Å². The van der Waals surface area contributed by atoms with Crippen LogP contribution in [-0.4, -0.2) is 23.6 Å². The van der Waals surface area contributed by atoms with Crippen LogP contribution in [0.3, 0.4) is 0 Å². The summed E-state index contributed by atoms with van der Waals surface area (Å²) in [5, 5.41) is 5.67. The summed E-state index contributed by atoms with van der Waals surface area (Å²) in [4.78, 5) is 7.81. The Hall–Kier alpha value is -2.37. The van der Waals surface area contributed by atoms with Crippen LogP contribution in [0, 0.1) is 5.82 Å². The van der Waals surface area contributed by atoms with E-state index in [1.54, 1.807) is 13.1 Å². The molecule has 2 rings (SSSR count). The summed E-state index contributed by atoms with van der Waals surface area (Å²) in [6.45, 7) is 2.42. The number of anilines is 3. The number of nitrogens with one attached hydrogen (secondary N) is 2. The molecule has 100 valence electrons. The molecule has 0 radical (unpaired) electrons. The predicted molar refractivity (Wildman–Crippen MR) is 72.4 cm³/mol. The molecule has 0 bridgehead atoms. The highest BCUT2D eigenvalue weighted by Crippen LogP contribution is 2.27. The maximum atomic E-state index is 13.7. The lowest BCUT2D eigenvalue weighted by Gasteiger charge is -2.12. The molecule has 0 saturated heterocycles. The molecule has 0 unspecified atom stereocenters. The minimum absolute atomic E-state index is 0.103. The van der Waals surface area contributed by atoms with E-state index in [9.17, 15) is 4.39 Å². The van der Waals surface area contributed by atoms with Crippen molar-refractivity contribution >= 4 is 17.5 Å². The van der Waals surface area contributed by atoms with Gasteiger partial charge in [-0.3, -0.25) is 0 Å². The van der Waals surface area contributed by atoms with E-state index in [1.807, 2.05) is 25.1 Å². The molecule has 1 aromatic carbocycles. The van der Waals surface area contributed by atoms with Gasteiger partial charge in [-0.05, 0) is 19.1 Å². The van der Waals surface area contributed by atoms with Crippen molar-refractivity contribution in [2.24, 2.45) is 0 Å². The van der Waals surface area contributed by atoms with Gasteiger partial charge in [0.05, 0.1) is 18.5 Å². The third-order valence-electron chi connectivity index (χ3n) is 2.41. The van der Waals surface area contributed by atoms with Gasteiger partial charge in [-0.25, -0.2) is 9.37 Å². The van der Waals surface area contributed by atoms with Gasteiger partial charge in [-0.15, -0.1) is 0 Å². The van der Waals surface area contributed by atoms with Gasteiger partial charge in [0.25, 0.3) is 0 Å². The lowest BCUT2D eigenvalue weighted by molar-refractivity contribution is 0.342. The summed E-state index contributed by atoms with van der Waals surface area (Å²) in [6.07, 6.45) is 1.12. The van der Waals surface area contributed by atoms with Crippen molar-refractivity contribution in [2.75, 3.05) is 24.3 Å². The van der Waals surface area contributed by atoms with Crippen LogP contribution in [-0.2, 0) is 0 Å². The van der Waals surface area contributed by atoms with Crippen LogP contribution >= 0.6 is 0 Å². The first-order chi connectivity index (χ1) is 9.24. The molecule has 1 aromatic heterocycles. The number of aromatic nitrogens is 2. The predicted octanol–water partition coefficient (Wildman–Crippen LogP) is 2.80. The highest BCUT2D eigenvalue weighted by atomic mass is 19.1. The smallest absolute Gasteiger partial charge is 0.224 e. The van der Waals surface area contributed by atoms with E-state index in [0.717, 1.165) is 6.20 Å². The van der Waals surface area contributed by atoms with Crippen molar-refractivity contribution < 1.29 is 9.13 Å². The molecule has 0 aliphatic rings. The molecule has 0 spiro atoms. The number of rotatable bonds is 5. The standard InChI is InChI=1S/C13H15FN4O/c1-3-19-11-7-5-4-6-10(11)17-12-9(14)8-16-13(15-2)18-12/h4-8H,3H2,1-2H3,(H2,15,16,17,18). The van der Waals surface area contributed by atoms with Gasteiger partial charge in [-0.2, -0.15) is 4.98 Å². The van der Waals surface area contributed by atoms with Crippen molar-refractivity contribution in [2.45, 2.75) is 6.92 Å². The number of benzene rings is 1. The maximum absolute atomic E-state index is 13.7. The minimum atomic E-state index is -0.523. The number of hydrogen-bond acceptors (Lipinski definition) is 5. The fraction of sp³-hybridized carbons (Fsp3) is 0.231. The van der Waals surface area contributed by atoms with Gasteiger partial charge in [0.15, 0.2) is 11.6 Å². The molecule has 6 heteroatoms. The Morgan fingerprint density at radius 1 is 1.32 bits per heavy atom. The molecular formula is C13H15FN4O. The topological polar surface area (TPSA) is 59.1 Å². The summed E-state index contributed by atoms with van der Waals surface area (Å²) in [5.74, 6) is 0.573. The van der Waals surface area contributed by atoms with Crippen molar-refractivity contribution in [1.29, 1.82) is 0 Å². The van der Waals surface area contributed by atoms with Crippen LogP contribution in [0.5, 0.6) is 5.75 Å². The molecule has 0 atom stereocenters. The summed E-state index contributed by atoms with van der Waals surface area (Å²) in [6, 6.07) is 7.30. The summed E-state index contributed by atoms with van der Waals surface area (Å²) in [7, 11) is 1.67. The Morgan fingerprint density at radius 3 is 2.84 bits per heavy atom. The molecule has 0 aliphatic carbocycles. The van der Waals surface area contributed by atoms with Crippen LogP contribution in [0.2, 0.25) is 0 Å². The SMILES string of the molecule is CCOc1ccccc1Nc1nc(NC)ncc1F. The third-order valence-corrected chi connectivity index (χ3v) is 2.41. The first-order valence-corrected chi connectivity index (χ1v) is 5.93. The minimum Gasteiger partial charge on any atom is -0.492 e. The zero-order valence-corrected chi connectivity index (χ0v) is 10.8. The molecule has 5 nitrogen and oxygen atoms in total.